The molecule has 0 fully saturated rings. The largest absolute Gasteiger partial charge is 0.262 e. The third-order valence-electron chi connectivity index (χ3n) is 1.52. The summed E-state index contributed by atoms with van der Waals surface area (Å²) in [4.78, 5) is 3.83. The fourth-order valence-electron chi connectivity index (χ4n) is 0.864. The van der Waals surface area contributed by atoms with Gasteiger partial charge >= 0.3 is 0 Å². The van der Waals surface area contributed by atoms with Gasteiger partial charge in [-0.05, 0) is 22.0 Å². The zero-order chi connectivity index (χ0) is 11.3. The van der Waals surface area contributed by atoms with Crippen LogP contribution in [-0.2, 0) is 10.0 Å². The summed E-state index contributed by atoms with van der Waals surface area (Å²) in [6, 6.07) is 3.30. The van der Waals surface area contributed by atoms with Crippen LogP contribution >= 0.6 is 15.9 Å². The Morgan fingerprint density at radius 2 is 2.27 bits per heavy atom. The number of rotatable bonds is 4. The highest BCUT2D eigenvalue weighted by atomic mass is 79.9. The highest BCUT2D eigenvalue weighted by Gasteiger charge is 2.13. The Labute approximate surface area is 96.3 Å². The molecule has 1 heterocycles. The molecule has 0 aromatic carbocycles. The van der Waals surface area contributed by atoms with Gasteiger partial charge in [-0.2, -0.15) is 5.26 Å². The minimum absolute atomic E-state index is 0.0785. The molecule has 0 spiro atoms. The third kappa shape index (κ3) is 3.58. The summed E-state index contributed by atoms with van der Waals surface area (Å²) in [6.07, 6.45) is 2.88. The maximum atomic E-state index is 11.6. The van der Waals surface area contributed by atoms with Crippen molar-refractivity contribution >= 4 is 26.0 Å². The number of aromatic nitrogens is 1. The molecular formula is C8H8BrN3O2S. The van der Waals surface area contributed by atoms with Gasteiger partial charge in [0, 0.05) is 29.8 Å². The van der Waals surface area contributed by atoms with Gasteiger partial charge in [-0.15, -0.1) is 0 Å². The third-order valence-corrected chi connectivity index (χ3v) is 3.38. The van der Waals surface area contributed by atoms with E-state index in [2.05, 4.69) is 25.6 Å². The second-order valence-electron chi connectivity index (χ2n) is 2.64. The zero-order valence-corrected chi connectivity index (χ0v) is 10.0. The molecule has 0 aliphatic rings. The first kappa shape index (κ1) is 12.1. The summed E-state index contributed by atoms with van der Waals surface area (Å²) in [7, 11) is -3.55. The molecule has 1 N–H and O–H groups in total. The van der Waals surface area contributed by atoms with Crippen molar-refractivity contribution < 1.29 is 8.42 Å². The van der Waals surface area contributed by atoms with Crippen LogP contribution in [0, 0.1) is 11.3 Å². The van der Waals surface area contributed by atoms with Gasteiger partial charge < -0.3 is 0 Å². The fourth-order valence-corrected chi connectivity index (χ4v) is 2.40. The van der Waals surface area contributed by atoms with Crippen molar-refractivity contribution in [2.24, 2.45) is 0 Å². The Balaban J connectivity index is 2.83. The highest BCUT2D eigenvalue weighted by molar-refractivity contribution is 9.10. The van der Waals surface area contributed by atoms with E-state index >= 15 is 0 Å². The summed E-state index contributed by atoms with van der Waals surface area (Å²) in [5.41, 5.74) is 0. The number of sulfonamides is 1. The van der Waals surface area contributed by atoms with Gasteiger partial charge in [0.25, 0.3) is 0 Å². The normalized spacial score (nSPS) is 10.9. The van der Waals surface area contributed by atoms with Crippen LogP contribution in [0.4, 0.5) is 0 Å². The van der Waals surface area contributed by atoms with Crippen molar-refractivity contribution in [2.45, 2.75) is 11.3 Å². The number of nitriles is 1. The second-order valence-corrected chi connectivity index (χ2v) is 5.33. The fraction of sp³-hybridized carbons (Fsp3) is 0.250. The van der Waals surface area contributed by atoms with E-state index in [-0.39, 0.29) is 17.9 Å². The quantitative estimate of drug-likeness (QED) is 0.840. The van der Waals surface area contributed by atoms with Crippen LogP contribution in [0.5, 0.6) is 0 Å². The minimum atomic E-state index is -3.55. The van der Waals surface area contributed by atoms with Crippen LogP contribution in [-0.4, -0.2) is 19.9 Å². The maximum absolute atomic E-state index is 11.6. The summed E-state index contributed by atoms with van der Waals surface area (Å²) < 4.78 is 26.0. The van der Waals surface area contributed by atoms with Gasteiger partial charge in [0.05, 0.1) is 6.07 Å². The Kier molecular flexibility index (Phi) is 4.20. The van der Waals surface area contributed by atoms with Gasteiger partial charge in [0.1, 0.15) is 4.90 Å². The Morgan fingerprint density at radius 1 is 1.53 bits per heavy atom. The molecule has 0 saturated carbocycles. The van der Waals surface area contributed by atoms with Crippen molar-refractivity contribution in [3.63, 3.8) is 0 Å². The molecule has 0 aliphatic heterocycles. The van der Waals surface area contributed by atoms with E-state index in [4.69, 9.17) is 5.26 Å². The minimum Gasteiger partial charge on any atom is -0.262 e. The number of nitrogens with zero attached hydrogens (tertiary/aromatic N) is 2. The number of hydrogen-bond donors (Lipinski definition) is 1. The molecule has 15 heavy (non-hydrogen) atoms. The molecule has 0 unspecified atom stereocenters. The summed E-state index contributed by atoms with van der Waals surface area (Å²) in [5.74, 6) is 0. The van der Waals surface area contributed by atoms with E-state index in [1.807, 2.05) is 6.07 Å². The van der Waals surface area contributed by atoms with E-state index < -0.39 is 10.0 Å². The predicted octanol–water partition coefficient (Wildman–Crippen LogP) is 1.04. The van der Waals surface area contributed by atoms with Crippen LogP contribution in [0.1, 0.15) is 6.42 Å². The smallest absolute Gasteiger partial charge is 0.242 e. The molecule has 1 rings (SSSR count). The molecule has 0 saturated heterocycles. The van der Waals surface area contributed by atoms with Gasteiger partial charge in [0.2, 0.25) is 10.0 Å². The van der Waals surface area contributed by atoms with Crippen molar-refractivity contribution in [2.75, 3.05) is 6.54 Å². The van der Waals surface area contributed by atoms with E-state index in [1.165, 1.54) is 18.5 Å². The van der Waals surface area contributed by atoms with Gasteiger partial charge in [-0.25, -0.2) is 13.1 Å². The van der Waals surface area contributed by atoms with Crippen molar-refractivity contribution in [1.29, 1.82) is 5.26 Å². The molecule has 0 amide bonds. The predicted molar refractivity (Wildman–Crippen MR) is 57.4 cm³/mol. The molecule has 0 aliphatic carbocycles. The lowest BCUT2D eigenvalue weighted by Crippen LogP contribution is -2.24. The van der Waals surface area contributed by atoms with Crippen molar-refractivity contribution in [3.05, 3.63) is 22.9 Å². The number of nitrogens with one attached hydrogen (secondary N) is 1. The number of hydrogen-bond acceptors (Lipinski definition) is 4. The lowest BCUT2D eigenvalue weighted by Gasteiger charge is -2.04. The average Bonchev–Trinajstić information content (AvgIpc) is 2.18. The molecular weight excluding hydrogens is 282 g/mol. The molecule has 80 valence electrons. The van der Waals surface area contributed by atoms with Gasteiger partial charge in [0.15, 0.2) is 0 Å². The van der Waals surface area contributed by atoms with Crippen LogP contribution < -0.4 is 4.72 Å². The van der Waals surface area contributed by atoms with Crippen LogP contribution in [0.3, 0.4) is 0 Å². The van der Waals surface area contributed by atoms with Crippen LogP contribution in [0.2, 0.25) is 0 Å². The zero-order valence-electron chi connectivity index (χ0n) is 7.64. The summed E-state index contributed by atoms with van der Waals surface area (Å²) in [6.45, 7) is 0.103. The first-order valence-corrected chi connectivity index (χ1v) is 6.31. The molecule has 5 nitrogen and oxygen atoms in total. The first-order valence-electron chi connectivity index (χ1n) is 4.03. The van der Waals surface area contributed by atoms with Crippen LogP contribution in [0.25, 0.3) is 0 Å². The van der Waals surface area contributed by atoms with E-state index in [0.717, 1.165) is 0 Å². The summed E-state index contributed by atoms with van der Waals surface area (Å²) in [5, 5.41) is 8.27. The SMILES string of the molecule is N#CCCNS(=O)(=O)c1cncc(Br)c1. The Bertz CT molecular complexity index is 481. The molecule has 0 radical (unpaired) electrons. The van der Waals surface area contributed by atoms with Gasteiger partial charge in [-0.3, -0.25) is 4.98 Å². The van der Waals surface area contributed by atoms with Crippen molar-refractivity contribution in [3.8, 4) is 6.07 Å². The molecule has 0 bridgehead atoms. The van der Waals surface area contributed by atoms with Gasteiger partial charge in [-0.1, -0.05) is 0 Å². The Hall–Kier alpha value is -0.970. The van der Waals surface area contributed by atoms with E-state index in [1.54, 1.807) is 0 Å². The van der Waals surface area contributed by atoms with Crippen molar-refractivity contribution in [1.82, 2.24) is 9.71 Å². The highest BCUT2D eigenvalue weighted by Crippen LogP contribution is 2.13. The standard InChI is InChI=1S/C8H8BrN3O2S/c9-7-4-8(6-11-5-7)15(13,14)12-3-1-2-10/h4-6,12H,1,3H2. The topological polar surface area (TPSA) is 82.9 Å². The van der Waals surface area contributed by atoms with E-state index in [0.29, 0.717) is 4.47 Å². The molecule has 7 heteroatoms. The first-order chi connectivity index (χ1) is 7.06. The second kappa shape index (κ2) is 5.21. The lowest BCUT2D eigenvalue weighted by atomic mass is 10.5. The Morgan fingerprint density at radius 3 is 2.87 bits per heavy atom. The number of halogens is 1. The van der Waals surface area contributed by atoms with E-state index in [9.17, 15) is 8.42 Å². The molecule has 1 aromatic rings. The monoisotopic (exact) mass is 289 g/mol. The lowest BCUT2D eigenvalue weighted by molar-refractivity contribution is 0.582. The van der Waals surface area contributed by atoms with Crippen LogP contribution in [0.15, 0.2) is 27.8 Å². The maximum Gasteiger partial charge on any atom is 0.242 e. The number of pyridine rings is 1. The molecule has 1 aromatic heterocycles. The molecule has 0 atom stereocenters. The summed E-state index contributed by atoms with van der Waals surface area (Å²) >= 11 is 3.13. The average molecular weight is 290 g/mol.